The maximum absolute atomic E-state index is 5.23. The molecule has 0 spiro atoms. The van der Waals surface area contributed by atoms with Crippen molar-refractivity contribution in [2.24, 2.45) is 7.05 Å². The molecular weight excluding hydrogens is 336 g/mol. The number of benzene rings is 1. The smallest absolute Gasteiger partial charge is 0.156 e. The highest BCUT2D eigenvalue weighted by Crippen LogP contribution is 2.28. The summed E-state index contributed by atoms with van der Waals surface area (Å²) >= 11 is 1.49. The van der Waals surface area contributed by atoms with Crippen molar-refractivity contribution in [3.05, 3.63) is 55.1 Å². The van der Waals surface area contributed by atoms with E-state index >= 15 is 0 Å². The summed E-state index contributed by atoms with van der Waals surface area (Å²) in [7, 11) is 3.57. The molecular formula is C17H16N6OS. The number of rotatable bonds is 5. The zero-order chi connectivity index (χ0) is 17.2. The fourth-order valence-electron chi connectivity index (χ4n) is 2.57. The van der Waals surface area contributed by atoms with Gasteiger partial charge in [-0.2, -0.15) is 10.2 Å². The number of hydrogen-bond donors (Lipinski definition) is 1. The monoisotopic (exact) mass is 352 g/mol. The van der Waals surface area contributed by atoms with Crippen LogP contribution in [0.4, 0.5) is 5.69 Å². The van der Waals surface area contributed by atoms with Crippen LogP contribution in [0, 0.1) is 0 Å². The lowest BCUT2D eigenvalue weighted by atomic mass is 10.2. The third-order valence-corrected chi connectivity index (χ3v) is 4.55. The van der Waals surface area contributed by atoms with Gasteiger partial charge in [-0.25, -0.2) is 9.67 Å². The molecule has 0 aliphatic heterocycles. The van der Waals surface area contributed by atoms with Gasteiger partial charge in [0.05, 0.1) is 35.6 Å². The molecule has 0 saturated heterocycles. The third kappa shape index (κ3) is 3.03. The van der Waals surface area contributed by atoms with Gasteiger partial charge in [0.1, 0.15) is 5.75 Å². The summed E-state index contributed by atoms with van der Waals surface area (Å²) < 4.78 is 12.2. The number of methoxy groups -OCH3 is 1. The average Bonchev–Trinajstić information content (AvgIpc) is 3.27. The van der Waals surface area contributed by atoms with Crippen LogP contribution in [0.15, 0.2) is 60.0 Å². The molecule has 0 aliphatic carbocycles. The van der Waals surface area contributed by atoms with Crippen molar-refractivity contribution < 1.29 is 4.74 Å². The van der Waals surface area contributed by atoms with Gasteiger partial charge in [-0.05, 0) is 24.1 Å². The molecule has 0 atom stereocenters. The lowest BCUT2D eigenvalue weighted by molar-refractivity contribution is 0.414. The Labute approximate surface area is 148 Å². The van der Waals surface area contributed by atoms with Crippen molar-refractivity contribution in [3.63, 3.8) is 0 Å². The molecule has 1 N–H and O–H groups in total. The van der Waals surface area contributed by atoms with Gasteiger partial charge in [-0.15, -0.1) is 0 Å². The quantitative estimate of drug-likeness (QED) is 0.556. The Kier molecular flexibility index (Phi) is 4.02. The number of aromatic nitrogens is 5. The van der Waals surface area contributed by atoms with Gasteiger partial charge >= 0.3 is 0 Å². The van der Waals surface area contributed by atoms with Crippen molar-refractivity contribution in [3.8, 4) is 11.6 Å². The summed E-state index contributed by atoms with van der Waals surface area (Å²) in [5, 5.41) is 9.77. The van der Waals surface area contributed by atoms with Gasteiger partial charge in [0.15, 0.2) is 5.82 Å². The Morgan fingerprint density at radius 2 is 2.08 bits per heavy atom. The van der Waals surface area contributed by atoms with Crippen LogP contribution in [0.1, 0.15) is 0 Å². The highest BCUT2D eigenvalue weighted by Gasteiger charge is 2.08. The molecule has 8 heteroatoms. The molecule has 0 saturated carbocycles. The highest BCUT2D eigenvalue weighted by atomic mass is 32.2. The zero-order valence-electron chi connectivity index (χ0n) is 13.7. The second kappa shape index (κ2) is 6.48. The van der Waals surface area contributed by atoms with E-state index in [1.54, 1.807) is 30.3 Å². The van der Waals surface area contributed by atoms with E-state index in [-0.39, 0.29) is 0 Å². The minimum Gasteiger partial charge on any atom is -0.497 e. The van der Waals surface area contributed by atoms with Crippen LogP contribution in [0.5, 0.6) is 5.75 Å². The van der Waals surface area contributed by atoms with Crippen LogP contribution < -0.4 is 9.46 Å². The van der Waals surface area contributed by atoms with Crippen LogP contribution in [0.2, 0.25) is 0 Å². The molecule has 0 bridgehead atoms. The molecule has 25 heavy (non-hydrogen) atoms. The van der Waals surface area contributed by atoms with E-state index in [4.69, 9.17) is 4.74 Å². The van der Waals surface area contributed by atoms with Gasteiger partial charge in [0.2, 0.25) is 0 Å². The van der Waals surface area contributed by atoms with Gasteiger partial charge < -0.3 is 9.46 Å². The largest absolute Gasteiger partial charge is 0.497 e. The molecule has 0 amide bonds. The number of ether oxygens (including phenoxy) is 1. The van der Waals surface area contributed by atoms with Gasteiger partial charge in [0, 0.05) is 30.9 Å². The Morgan fingerprint density at radius 3 is 2.96 bits per heavy atom. The van der Waals surface area contributed by atoms with Gasteiger partial charge in [-0.3, -0.25) is 4.68 Å². The lowest BCUT2D eigenvalue weighted by Gasteiger charge is -2.06. The molecule has 4 aromatic rings. The molecule has 0 unspecified atom stereocenters. The molecule has 0 aliphatic rings. The number of anilines is 1. The molecule has 4 rings (SSSR count). The number of nitrogens with zero attached hydrogens (tertiary/aromatic N) is 5. The minimum absolute atomic E-state index is 0.708. The summed E-state index contributed by atoms with van der Waals surface area (Å²) in [4.78, 5) is 5.29. The van der Waals surface area contributed by atoms with Crippen LogP contribution in [-0.2, 0) is 7.05 Å². The Morgan fingerprint density at radius 1 is 1.16 bits per heavy atom. The summed E-state index contributed by atoms with van der Waals surface area (Å²) in [6.45, 7) is 0. The van der Waals surface area contributed by atoms with E-state index in [1.807, 2.05) is 48.4 Å². The maximum atomic E-state index is 5.23. The first-order chi connectivity index (χ1) is 12.2. The van der Waals surface area contributed by atoms with E-state index in [9.17, 15) is 0 Å². The maximum Gasteiger partial charge on any atom is 0.156 e. The predicted molar refractivity (Wildman–Crippen MR) is 98.1 cm³/mol. The molecule has 3 aromatic heterocycles. The van der Waals surface area contributed by atoms with E-state index in [0.29, 0.717) is 5.82 Å². The van der Waals surface area contributed by atoms with Crippen molar-refractivity contribution in [2.75, 3.05) is 11.8 Å². The number of hydrogen-bond acceptors (Lipinski definition) is 6. The number of aryl methyl sites for hydroxylation is 1. The van der Waals surface area contributed by atoms with Crippen molar-refractivity contribution in [1.29, 1.82) is 0 Å². The van der Waals surface area contributed by atoms with Crippen LogP contribution >= 0.6 is 11.9 Å². The standard InChI is InChI=1S/C17H16N6OS/c1-22-17-12(9-19-22)4-3-5-15(17)21-25-14-10-20-23(11-14)16-8-13(24-2)6-7-18-16/h3-11,21H,1-2H3. The van der Waals surface area contributed by atoms with E-state index in [1.165, 1.54) is 11.9 Å². The highest BCUT2D eigenvalue weighted by molar-refractivity contribution is 8.00. The minimum atomic E-state index is 0.708. The number of fused-ring (bicyclic) bond motifs is 1. The molecule has 1 aromatic carbocycles. The topological polar surface area (TPSA) is 69.8 Å². The van der Waals surface area contributed by atoms with Crippen LogP contribution in [-0.4, -0.2) is 31.7 Å². The van der Waals surface area contributed by atoms with E-state index in [0.717, 1.165) is 27.2 Å². The summed E-state index contributed by atoms with van der Waals surface area (Å²) in [5.41, 5.74) is 2.08. The first-order valence-corrected chi connectivity index (χ1v) is 8.45. The van der Waals surface area contributed by atoms with Gasteiger partial charge in [-0.1, -0.05) is 12.1 Å². The Balaban J connectivity index is 1.54. The van der Waals surface area contributed by atoms with Crippen molar-refractivity contribution >= 4 is 28.5 Å². The summed E-state index contributed by atoms with van der Waals surface area (Å²) in [5.74, 6) is 1.45. The molecule has 0 radical (unpaired) electrons. The van der Waals surface area contributed by atoms with Crippen LogP contribution in [0.3, 0.4) is 0 Å². The first kappa shape index (κ1) is 15.5. The average molecular weight is 352 g/mol. The lowest BCUT2D eigenvalue weighted by Crippen LogP contribution is -1.98. The first-order valence-electron chi connectivity index (χ1n) is 7.63. The second-order valence-corrected chi connectivity index (χ2v) is 6.27. The molecule has 7 nitrogen and oxygen atoms in total. The second-order valence-electron chi connectivity index (χ2n) is 5.39. The number of nitrogens with one attached hydrogen (secondary N) is 1. The third-order valence-electron chi connectivity index (χ3n) is 3.79. The fraction of sp³-hybridized carbons (Fsp3) is 0.118. The van der Waals surface area contributed by atoms with Gasteiger partial charge in [0.25, 0.3) is 0 Å². The summed E-state index contributed by atoms with van der Waals surface area (Å²) in [6, 6.07) is 9.73. The molecule has 3 heterocycles. The van der Waals surface area contributed by atoms with Crippen molar-refractivity contribution in [2.45, 2.75) is 4.90 Å². The Hall–Kier alpha value is -3.00. The Bertz CT molecular complexity index is 1020. The number of pyridine rings is 1. The van der Waals surface area contributed by atoms with Crippen LogP contribution in [0.25, 0.3) is 16.7 Å². The number of para-hydroxylation sites is 1. The zero-order valence-corrected chi connectivity index (χ0v) is 14.6. The summed E-state index contributed by atoms with van der Waals surface area (Å²) in [6.07, 6.45) is 7.27. The SMILES string of the molecule is COc1ccnc(-n2cc(SNc3cccc4cnn(C)c34)cn2)c1. The predicted octanol–water partition coefficient (Wildman–Crippen LogP) is 3.28. The normalized spacial score (nSPS) is 11.0. The fourth-order valence-corrected chi connectivity index (χ4v) is 3.21. The van der Waals surface area contributed by atoms with E-state index in [2.05, 4.69) is 19.9 Å². The van der Waals surface area contributed by atoms with Crippen molar-refractivity contribution in [1.82, 2.24) is 24.5 Å². The van der Waals surface area contributed by atoms with E-state index < -0.39 is 0 Å². The molecule has 126 valence electrons. The molecule has 0 fully saturated rings.